The molecule has 6 nitrogen and oxygen atoms in total. The predicted molar refractivity (Wildman–Crippen MR) is 93.1 cm³/mol. The highest BCUT2D eigenvalue weighted by Crippen LogP contribution is 2.28. The SMILES string of the molecule is CCCCOC[C@H](O)[C@@H](OC)OC1COC(c2ccccc2)O[C@H]1C. The van der Waals surface area contributed by atoms with Gasteiger partial charge in [0.1, 0.15) is 12.2 Å². The van der Waals surface area contributed by atoms with Crippen molar-refractivity contribution in [2.75, 3.05) is 26.9 Å². The van der Waals surface area contributed by atoms with Crippen molar-refractivity contribution in [2.45, 2.75) is 57.6 Å². The topological polar surface area (TPSA) is 66.4 Å². The van der Waals surface area contributed by atoms with Crippen molar-refractivity contribution in [3.8, 4) is 0 Å². The van der Waals surface area contributed by atoms with E-state index in [0.29, 0.717) is 13.2 Å². The molecule has 25 heavy (non-hydrogen) atoms. The Morgan fingerprint density at radius 1 is 1.28 bits per heavy atom. The van der Waals surface area contributed by atoms with Gasteiger partial charge in [-0.25, -0.2) is 0 Å². The zero-order valence-electron chi connectivity index (χ0n) is 15.3. The second-order valence-corrected chi connectivity index (χ2v) is 6.19. The molecule has 2 rings (SSSR count). The highest BCUT2D eigenvalue weighted by Gasteiger charge is 2.34. The molecule has 0 radical (unpaired) electrons. The summed E-state index contributed by atoms with van der Waals surface area (Å²) in [7, 11) is 1.50. The average Bonchev–Trinajstić information content (AvgIpc) is 2.64. The number of aliphatic hydroxyl groups is 1. The first kappa shape index (κ1) is 20.3. The smallest absolute Gasteiger partial charge is 0.185 e. The van der Waals surface area contributed by atoms with Gasteiger partial charge in [0, 0.05) is 19.3 Å². The molecule has 1 aliphatic heterocycles. The lowest BCUT2D eigenvalue weighted by atomic mass is 10.1. The molecule has 0 amide bonds. The van der Waals surface area contributed by atoms with Crippen LogP contribution in [0.1, 0.15) is 38.5 Å². The summed E-state index contributed by atoms with van der Waals surface area (Å²) in [5.74, 6) is 0. The van der Waals surface area contributed by atoms with E-state index in [1.54, 1.807) is 0 Å². The largest absolute Gasteiger partial charge is 0.385 e. The van der Waals surface area contributed by atoms with Crippen LogP contribution in [0.5, 0.6) is 0 Å². The summed E-state index contributed by atoms with van der Waals surface area (Å²) >= 11 is 0. The van der Waals surface area contributed by atoms with Crippen LogP contribution < -0.4 is 0 Å². The number of hydrogen-bond donors (Lipinski definition) is 1. The van der Waals surface area contributed by atoms with Gasteiger partial charge in [0.25, 0.3) is 0 Å². The predicted octanol–water partition coefficient (Wildman–Crippen LogP) is 2.66. The highest BCUT2D eigenvalue weighted by atomic mass is 16.7. The van der Waals surface area contributed by atoms with Crippen LogP contribution in [0.15, 0.2) is 30.3 Å². The van der Waals surface area contributed by atoms with E-state index < -0.39 is 18.7 Å². The van der Waals surface area contributed by atoms with Gasteiger partial charge in [-0.15, -0.1) is 0 Å². The lowest BCUT2D eigenvalue weighted by Gasteiger charge is -2.37. The number of ether oxygens (including phenoxy) is 5. The van der Waals surface area contributed by atoms with Gasteiger partial charge in [-0.3, -0.25) is 0 Å². The minimum absolute atomic E-state index is 0.175. The Kier molecular flexibility index (Phi) is 8.81. The molecule has 1 aromatic carbocycles. The molecule has 1 aliphatic rings. The summed E-state index contributed by atoms with van der Waals surface area (Å²) in [5.41, 5.74) is 0.973. The molecular weight excluding hydrogens is 324 g/mol. The van der Waals surface area contributed by atoms with Crippen molar-refractivity contribution < 1.29 is 28.8 Å². The van der Waals surface area contributed by atoms with Crippen molar-refractivity contribution in [3.63, 3.8) is 0 Å². The summed E-state index contributed by atoms with van der Waals surface area (Å²) in [6.45, 7) is 5.18. The van der Waals surface area contributed by atoms with Gasteiger partial charge in [-0.05, 0) is 13.3 Å². The van der Waals surface area contributed by atoms with E-state index in [1.165, 1.54) is 7.11 Å². The van der Waals surface area contributed by atoms with Gasteiger partial charge in [-0.2, -0.15) is 0 Å². The van der Waals surface area contributed by atoms with Crippen LogP contribution in [0.3, 0.4) is 0 Å². The molecule has 142 valence electrons. The Morgan fingerprint density at radius 2 is 2.04 bits per heavy atom. The summed E-state index contributed by atoms with van der Waals surface area (Å²) in [6, 6.07) is 9.78. The van der Waals surface area contributed by atoms with Crippen molar-refractivity contribution in [1.29, 1.82) is 0 Å². The van der Waals surface area contributed by atoms with E-state index in [4.69, 9.17) is 23.7 Å². The first-order valence-electron chi connectivity index (χ1n) is 8.91. The average molecular weight is 354 g/mol. The van der Waals surface area contributed by atoms with E-state index in [1.807, 2.05) is 37.3 Å². The minimum atomic E-state index is -0.860. The minimum Gasteiger partial charge on any atom is -0.385 e. The maximum absolute atomic E-state index is 10.2. The van der Waals surface area contributed by atoms with E-state index in [2.05, 4.69) is 6.92 Å². The first-order valence-corrected chi connectivity index (χ1v) is 8.91. The zero-order valence-corrected chi connectivity index (χ0v) is 15.3. The summed E-state index contributed by atoms with van der Waals surface area (Å²) in [4.78, 5) is 0. The molecule has 6 heteroatoms. The number of hydrogen-bond acceptors (Lipinski definition) is 6. The van der Waals surface area contributed by atoms with Crippen molar-refractivity contribution >= 4 is 0 Å². The van der Waals surface area contributed by atoms with E-state index in [0.717, 1.165) is 18.4 Å². The van der Waals surface area contributed by atoms with Crippen LogP contribution in [-0.4, -0.2) is 56.6 Å². The molecule has 5 atom stereocenters. The maximum atomic E-state index is 10.2. The standard InChI is InChI=1S/C19H30O6/c1-4-5-11-22-12-16(20)19(21-3)25-17-13-23-18(24-14(17)2)15-9-7-6-8-10-15/h6-10,14,16-20H,4-5,11-13H2,1-3H3/t14-,16-,17?,18?,19-/m0/s1. The van der Waals surface area contributed by atoms with E-state index in [9.17, 15) is 5.11 Å². The summed E-state index contributed by atoms with van der Waals surface area (Å²) < 4.78 is 28.2. The molecule has 0 aliphatic carbocycles. The number of rotatable bonds is 10. The van der Waals surface area contributed by atoms with Crippen LogP contribution in [-0.2, 0) is 23.7 Å². The molecular formula is C19H30O6. The van der Waals surface area contributed by atoms with Gasteiger partial charge in [0.05, 0.1) is 19.3 Å². The fraction of sp³-hybridized carbons (Fsp3) is 0.684. The molecule has 0 bridgehead atoms. The molecule has 1 saturated heterocycles. The number of aliphatic hydroxyl groups excluding tert-OH is 1. The molecule has 1 N–H and O–H groups in total. The molecule has 0 saturated carbocycles. The van der Waals surface area contributed by atoms with Crippen LogP contribution in [0.25, 0.3) is 0 Å². The van der Waals surface area contributed by atoms with Crippen molar-refractivity contribution in [1.82, 2.24) is 0 Å². The fourth-order valence-corrected chi connectivity index (χ4v) is 2.58. The third-order valence-corrected chi connectivity index (χ3v) is 4.13. The molecule has 1 heterocycles. The third-order valence-electron chi connectivity index (χ3n) is 4.13. The number of methoxy groups -OCH3 is 1. The number of benzene rings is 1. The molecule has 2 unspecified atom stereocenters. The van der Waals surface area contributed by atoms with Crippen LogP contribution in [0.2, 0.25) is 0 Å². The second kappa shape index (κ2) is 10.9. The molecule has 1 aromatic rings. The van der Waals surface area contributed by atoms with Crippen LogP contribution in [0.4, 0.5) is 0 Å². The van der Waals surface area contributed by atoms with E-state index >= 15 is 0 Å². The Labute approximate surface area is 150 Å². The summed E-state index contributed by atoms with van der Waals surface area (Å²) in [5, 5.41) is 10.2. The van der Waals surface area contributed by atoms with Gasteiger partial charge >= 0.3 is 0 Å². The molecule has 1 fully saturated rings. The lowest BCUT2D eigenvalue weighted by Crippen LogP contribution is -2.46. The zero-order chi connectivity index (χ0) is 18.1. The summed E-state index contributed by atoms with van der Waals surface area (Å²) in [6.07, 6.45) is -0.542. The van der Waals surface area contributed by atoms with Gasteiger partial charge in [-0.1, -0.05) is 43.7 Å². The normalized spacial score (nSPS) is 26.3. The number of unbranched alkanes of at least 4 members (excludes halogenated alkanes) is 1. The van der Waals surface area contributed by atoms with Gasteiger partial charge in [0.15, 0.2) is 12.6 Å². The van der Waals surface area contributed by atoms with Crippen molar-refractivity contribution in [2.24, 2.45) is 0 Å². The second-order valence-electron chi connectivity index (χ2n) is 6.19. The molecule has 0 aromatic heterocycles. The van der Waals surface area contributed by atoms with Crippen LogP contribution in [0, 0.1) is 0 Å². The Balaban J connectivity index is 1.81. The highest BCUT2D eigenvalue weighted by molar-refractivity contribution is 5.16. The quantitative estimate of drug-likeness (QED) is 0.515. The molecule has 0 spiro atoms. The third kappa shape index (κ3) is 6.33. The maximum Gasteiger partial charge on any atom is 0.185 e. The monoisotopic (exact) mass is 354 g/mol. The van der Waals surface area contributed by atoms with Crippen LogP contribution >= 0.6 is 0 Å². The van der Waals surface area contributed by atoms with E-state index in [-0.39, 0.29) is 18.8 Å². The Hall–Kier alpha value is -1.02. The first-order chi connectivity index (χ1) is 12.2. The van der Waals surface area contributed by atoms with Gasteiger partial charge < -0.3 is 28.8 Å². The van der Waals surface area contributed by atoms with Crippen molar-refractivity contribution in [3.05, 3.63) is 35.9 Å². The lowest BCUT2D eigenvalue weighted by molar-refractivity contribution is -0.301. The Morgan fingerprint density at radius 3 is 2.68 bits per heavy atom. The Bertz CT molecular complexity index is 468. The fourth-order valence-electron chi connectivity index (χ4n) is 2.58. The van der Waals surface area contributed by atoms with Gasteiger partial charge in [0.2, 0.25) is 0 Å².